The molecule has 140 valence electrons. The Morgan fingerprint density at radius 2 is 2.25 bits per heavy atom. The van der Waals surface area contributed by atoms with Crippen molar-refractivity contribution in [3.63, 3.8) is 0 Å². The largest absolute Gasteiger partial charge is 0.316 e. The van der Waals surface area contributed by atoms with Crippen molar-refractivity contribution < 1.29 is 9.72 Å². The van der Waals surface area contributed by atoms with Gasteiger partial charge in [-0.15, -0.1) is 11.3 Å². The Morgan fingerprint density at radius 3 is 2.86 bits per heavy atom. The third-order valence-electron chi connectivity index (χ3n) is 3.68. The maximum absolute atomic E-state index is 12.4. The second kappa shape index (κ2) is 8.04. The first-order valence-corrected chi connectivity index (χ1v) is 9.11. The van der Waals surface area contributed by atoms with Crippen molar-refractivity contribution in [2.45, 2.75) is 6.92 Å². The number of nitro groups is 1. The molecule has 1 N–H and O–H groups in total. The van der Waals surface area contributed by atoms with Crippen LogP contribution in [0.1, 0.15) is 11.4 Å². The lowest BCUT2D eigenvalue weighted by Crippen LogP contribution is -2.13. The Hall–Kier alpha value is -3.48. The summed E-state index contributed by atoms with van der Waals surface area (Å²) in [6.07, 6.45) is 3.09. The fourth-order valence-corrected chi connectivity index (χ4v) is 3.36. The molecule has 0 saturated carbocycles. The van der Waals surface area contributed by atoms with Gasteiger partial charge in [-0.2, -0.15) is 5.26 Å². The van der Waals surface area contributed by atoms with Gasteiger partial charge in [-0.3, -0.25) is 20.2 Å². The number of nitriles is 1. The molecule has 0 spiro atoms. The van der Waals surface area contributed by atoms with Crippen LogP contribution in [0.3, 0.4) is 0 Å². The third kappa shape index (κ3) is 4.09. The fraction of sp³-hybridized carbons (Fsp3) is 0.0556. The van der Waals surface area contributed by atoms with Gasteiger partial charge in [0.2, 0.25) is 0 Å². The number of aromatic nitrogens is 2. The zero-order valence-corrected chi connectivity index (χ0v) is 16.0. The molecule has 2 aromatic heterocycles. The van der Waals surface area contributed by atoms with Gasteiger partial charge in [-0.25, -0.2) is 4.98 Å². The van der Waals surface area contributed by atoms with E-state index in [-0.39, 0.29) is 16.3 Å². The molecule has 0 atom stereocenters. The highest BCUT2D eigenvalue weighted by atomic mass is 35.5. The van der Waals surface area contributed by atoms with E-state index < -0.39 is 10.8 Å². The molecule has 0 aliphatic heterocycles. The number of nitro benzene ring substituents is 1. The molecule has 1 aromatic carbocycles. The van der Waals surface area contributed by atoms with E-state index in [1.54, 1.807) is 35.2 Å². The van der Waals surface area contributed by atoms with Gasteiger partial charge >= 0.3 is 0 Å². The lowest BCUT2D eigenvalue weighted by molar-refractivity contribution is -0.384. The first kappa shape index (κ1) is 19.3. The van der Waals surface area contributed by atoms with E-state index in [9.17, 15) is 20.2 Å². The van der Waals surface area contributed by atoms with Gasteiger partial charge in [-0.05, 0) is 31.2 Å². The van der Waals surface area contributed by atoms with Crippen LogP contribution in [0.25, 0.3) is 11.8 Å². The molecule has 0 aliphatic carbocycles. The normalized spacial score (nSPS) is 11.1. The van der Waals surface area contributed by atoms with E-state index in [1.165, 1.54) is 35.6 Å². The first-order valence-electron chi connectivity index (χ1n) is 7.86. The fourth-order valence-electron chi connectivity index (χ4n) is 2.41. The molecule has 0 fully saturated rings. The van der Waals surface area contributed by atoms with Gasteiger partial charge in [-0.1, -0.05) is 11.6 Å². The molecular formula is C18H12ClN5O3S. The highest BCUT2D eigenvalue weighted by Crippen LogP contribution is 2.27. The number of hydrogen-bond donors (Lipinski definition) is 1. The summed E-state index contributed by atoms with van der Waals surface area (Å²) in [7, 11) is 0. The molecule has 3 rings (SSSR count). The summed E-state index contributed by atoms with van der Waals surface area (Å²) >= 11 is 7.44. The van der Waals surface area contributed by atoms with Crippen LogP contribution in [0.4, 0.5) is 10.8 Å². The number of carbonyl (C=O) groups excluding carboxylic acids is 1. The molecule has 1 amide bonds. The zero-order chi connectivity index (χ0) is 20.3. The van der Waals surface area contributed by atoms with Crippen LogP contribution in [0, 0.1) is 28.4 Å². The van der Waals surface area contributed by atoms with Gasteiger partial charge in [0.25, 0.3) is 11.6 Å². The number of aryl methyl sites for hydroxylation is 1. The molecule has 0 saturated heterocycles. The van der Waals surface area contributed by atoms with Crippen molar-refractivity contribution in [1.82, 2.24) is 9.55 Å². The number of carbonyl (C=O) groups is 1. The van der Waals surface area contributed by atoms with Crippen molar-refractivity contribution in [2.24, 2.45) is 0 Å². The molecule has 0 radical (unpaired) electrons. The lowest BCUT2D eigenvalue weighted by Gasteiger charge is -2.09. The number of benzene rings is 1. The second-order valence-corrected chi connectivity index (χ2v) is 6.88. The maximum Gasteiger partial charge on any atom is 0.271 e. The second-order valence-electron chi connectivity index (χ2n) is 5.61. The summed E-state index contributed by atoms with van der Waals surface area (Å²) in [5.74, 6) is -0.584. The Morgan fingerprint density at radius 1 is 1.46 bits per heavy atom. The molecule has 0 unspecified atom stereocenters. The number of rotatable bonds is 5. The number of non-ortho nitro benzene ring substituents is 1. The predicted molar refractivity (Wildman–Crippen MR) is 107 cm³/mol. The minimum atomic E-state index is -0.584. The van der Waals surface area contributed by atoms with Crippen molar-refractivity contribution in [3.8, 4) is 11.8 Å². The minimum Gasteiger partial charge on any atom is -0.316 e. The van der Waals surface area contributed by atoms with Crippen molar-refractivity contribution >= 4 is 45.7 Å². The van der Waals surface area contributed by atoms with Crippen LogP contribution in [-0.4, -0.2) is 20.4 Å². The summed E-state index contributed by atoms with van der Waals surface area (Å²) in [4.78, 5) is 26.8. The van der Waals surface area contributed by atoms with E-state index in [2.05, 4.69) is 10.3 Å². The number of anilines is 1. The molecule has 8 nitrogen and oxygen atoms in total. The van der Waals surface area contributed by atoms with Gasteiger partial charge in [0, 0.05) is 29.4 Å². The number of nitrogens with zero attached hydrogens (tertiary/aromatic N) is 4. The van der Waals surface area contributed by atoms with Crippen LogP contribution in [-0.2, 0) is 4.79 Å². The van der Waals surface area contributed by atoms with Crippen molar-refractivity contribution in [1.29, 1.82) is 5.26 Å². The van der Waals surface area contributed by atoms with Gasteiger partial charge < -0.3 is 4.57 Å². The van der Waals surface area contributed by atoms with Gasteiger partial charge in [0.15, 0.2) is 5.13 Å². The molecule has 0 aliphatic rings. The summed E-state index contributed by atoms with van der Waals surface area (Å²) in [5, 5.41) is 25.2. The van der Waals surface area contributed by atoms with Crippen molar-refractivity contribution in [2.75, 3.05) is 5.32 Å². The maximum atomic E-state index is 12.4. The summed E-state index contributed by atoms with van der Waals surface area (Å²) in [6.45, 7) is 1.80. The quantitative estimate of drug-likeness (QED) is 0.289. The average Bonchev–Trinajstić information content (AvgIpc) is 3.28. The smallest absolute Gasteiger partial charge is 0.271 e. The van der Waals surface area contributed by atoms with E-state index in [1.807, 2.05) is 6.07 Å². The number of thiazole rings is 1. The van der Waals surface area contributed by atoms with Crippen molar-refractivity contribution in [3.05, 3.63) is 74.0 Å². The van der Waals surface area contributed by atoms with Crippen LogP contribution in [0.5, 0.6) is 0 Å². The summed E-state index contributed by atoms with van der Waals surface area (Å²) in [6, 6.07) is 9.35. The standard InChI is InChI=1S/C18H12ClN5O3S/c1-11-10-28-18(21-11)22-17(25)12(9-20)7-13-3-2-6-23(13)16-5-4-14(24(26)27)8-15(16)19/h2-8,10H,1H3,(H,21,22,25)/b12-7-. The van der Waals surface area contributed by atoms with Crippen LogP contribution < -0.4 is 5.32 Å². The van der Waals surface area contributed by atoms with E-state index in [4.69, 9.17) is 11.6 Å². The number of amides is 1. The van der Waals surface area contributed by atoms with Crippen LogP contribution in [0.15, 0.2) is 47.5 Å². The molecule has 2 heterocycles. The topological polar surface area (TPSA) is 114 Å². The molecular weight excluding hydrogens is 402 g/mol. The van der Waals surface area contributed by atoms with Gasteiger partial charge in [0.1, 0.15) is 11.6 Å². The Kier molecular flexibility index (Phi) is 5.54. The predicted octanol–water partition coefficient (Wildman–Crippen LogP) is 4.35. The number of nitrogens with one attached hydrogen (secondary N) is 1. The van der Waals surface area contributed by atoms with Gasteiger partial charge in [0.05, 0.1) is 21.3 Å². The molecule has 0 bridgehead atoms. The Labute approximate surface area is 168 Å². The highest BCUT2D eigenvalue weighted by Gasteiger charge is 2.15. The monoisotopic (exact) mass is 413 g/mol. The van der Waals surface area contributed by atoms with E-state index in [0.29, 0.717) is 16.5 Å². The van der Waals surface area contributed by atoms with E-state index in [0.717, 1.165) is 5.69 Å². The zero-order valence-electron chi connectivity index (χ0n) is 14.4. The van der Waals surface area contributed by atoms with E-state index >= 15 is 0 Å². The average molecular weight is 414 g/mol. The SMILES string of the molecule is Cc1csc(NC(=O)/C(C#N)=C\c2cccn2-c2ccc([N+](=O)[O-])cc2Cl)n1. The van der Waals surface area contributed by atoms with Crippen LogP contribution in [0.2, 0.25) is 5.02 Å². The first-order chi connectivity index (χ1) is 13.4. The summed E-state index contributed by atoms with van der Waals surface area (Å²) in [5.41, 5.74) is 1.51. The Balaban J connectivity index is 1.93. The number of halogens is 1. The lowest BCUT2D eigenvalue weighted by atomic mass is 10.2. The number of hydrogen-bond acceptors (Lipinski definition) is 6. The Bertz CT molecular complexity index is 1140. The molecule has 3 aromatic rings. The molecule has 28 heavy (non-hydrogen) atoms. The highest BCUT2D eigenvalue weighted by molar-refractivity contribution is 7.13. The molecule has 10 heteroatoms. The third-order valence-corrected chi connectivity index (χ3v) is 4.86. The van der Waals surface area contributed by atoms with Crippen LogP contribution >= 0.6 is 22.9 Å². The summed E-state index contributed by atoms with van der Waals surface area (Å²) < 4.78 is 1.63. The minimum absolute atomic E-state index is 0.120.